The summed E-state index contributed by atoms with van der Waals surface area (Å²) in [6, 6.07) is 7.89. The minimum Gasteiger partial charge on any atom is -0.399 e. The van der Waals surface area contributed by atoms with Crippen LogP contribution in [0.4, 0.5) is 11.4 Å². The first-order valence-electron chi connectivity index (χ1n) is 6.00. The van der Waals surface area contributed by atoms with Gasteiger partial charge in [-0.05, 0) is 31.0 Å². The second kappa shape index (κ2) is 5.21. The Morgan fingerprint density at radius 2 is 2.38 bits per heavy atom. The largest absolute Gasteiger partial charge is 0.399 e. The van der Waals surface area contributed by atoms with Crippen molar-refractivity contribution in [3.05, 3.63) is 24.3 Å². The van der Waals surface area contributed by atoms with Crippen LogP contribution in [0.2, 0.25) is 0 Å². The lowest BCUT2D eigenvalue weighted by Crippen LogP contribution is -2.22. The van der Waals surface area contributed by atoms with E-state index in [1.165, 1.54) is 0 Å². The summed E-state index contributed by atoms with van der Waals surface area (Å²) in [6.07, 6.45) is 2.69. The maximum Gasteiger partial charge on any atom is 0.0618 e. The zero-order valence-electron chi connectivity index (χ0n) is 9.78. The lowest BCUT2D eigenvalue weighted by atomic mass is 9.99. The molecule has 2 unspecified atom stereocenters. The van der Waals surface area contributed by atoms with Gasteiger partial charge in [0.2, 0.25) is 0 Å². The van der Waals surface area contributed by atoms with E-state index in [4.69, 9.17) is 10.5 Å². The van der Waals surface area contributed by atoms with Crippen molar-refractivity contribution < 1.29 is 4.74 Å². The molecule has 1 heterocycles. The summed E-state index contributed by atoms with van der Waals surface area (Å²) in [5.74, 6) is 0.631. The van der Waals surface area contributed by atoms with Gasteiger partial charge < -0.3 is 15.8 Å². The summed E-state index contributed by atoms with van der Waals surface area (Å²) in [5.41, 5.74) is 7.64. The zero-order chi connectivity index (χ0) is 11.4. The minimum atomic E-state index is 0.425. The van der Waals surface area contributed by atoms with Gasteiger partial charge in [0.05, 0.1) is 6.10 Å². The Labute approximate surface area is 97.0 Å². The third-order valence-corrected chi connectivity index (χ3v) is 3.20. The molecule has 0 aromatic heterocycles. The molecule has 2 atom stereocenters. The molecule has 0 saturated carbocycles. The summed E-state index contributed by atoms with van der Waals surface area (Å²) < 4.78 is 5.66. The van der Waals surface area contributed by atoms with Crippen LogP contribution in [0.1, 0.15) is 19.8 Å². The van der Waals surface area contributed by atoms with Crippen LogP contribution in [0.15, 0.2) is 24.3 Å². The molecule has 1 aliphatic rings. The summed E-state index contributed by atoms with van der Waals surface area (Å²) in [4.78, 5) is 0. The van der Waals surface area contributed by atoms with Crippen LogP contribution in [0.3, 0.4) is 0 Å². The Morgan fingerprint density at radius 3 is 3.12 bits per heavy atom. The fourth-order valence-electron chi connectivity index (χ4n) is 2.28. The molecule has 0 radical (unpaired) electrons. The van der Waals surface area contributed by atoms with Gasteiger partial charge in [0, 0.05) is 30.4 Å². The van der Waals surface area contributed by atoms with Gasteiger partial charge in [-0.2, -0.15) is 0 Å². The standard InChI is InChI=1S/C13H20N2O/c1-2-13-10(6-7-16-13)9-15-12-5-3-4-11(14)8-12/h3-5,8,10,13,15H,2,6-7,9,14H2,1H3. The predicted octanol–water partition coefficient (Wildman–Crippen LogP) is 2.50. The number of nitrogen functional groups attached to an aromatic ring is 1. The van der Waals surface area contributed by atoms with Crippen molar-refractivity contribution in [2.24, 2.45) is 5.92 Å². The summed E-state index contributed by atoms with van der Waals surface area (Å²) in [7, 11) is 0. The number of rotatable bonds is 4. The van der Waals surface area contributed by atoms with Gasteiger partial charge in [0.25, 0.3) is 0 Å². The van der Waals surface area contributed by atoms with Crippen LogP contribution >= 0.6 is 0 Å². The van der Waals surface area contributed by atoms with Crippen molar-refractivity contribution in [3.63, 3.8) is 0 Å². The normalized spacial score (nSPS) is 24.6. The number of ether oxygens (including phenoxy) is 1. The average Bonchev–Trinajstić information content (AvgIpc) is 2.74. The number of nitrogens with one attached hydrogen (secondary N) is 1. The van der Waals surface area contributed by atoms with Gasteiger partial charge >= 0.3 is 0 Å². The van der Waals surface area contributed by atoms with Crippen LogP contribution < -0.4 is 11.1 Å². The lowest BCUT2D eigenvalue weighted by molar-refractivity contribution is 0.0900. The van der Waals surface area contributed by atoms with Crippen LogP contribution in [-0.4, -0.2) is 19.3 Å². The highest BCUT2D eigenvalue weighted by Gasteiger charge is 2.26. The molecular formula is C13H20N2O. The Balaban J connectivity index is 1.87. The van der Waals surface area contributed by atoms with Crippen molar-refractivity contribution >= 4 is 11.4 Å². The van der Waals surface area contributed by atoms with Gasteiger partial charge in [-0.25, -0.2) is 0 Å². The van der Waals surface area contributed by atoms with E-state index in [1.54, 1.807) is 0 Å². The van der Waals surface area contributed by atoms with E-state index in [2.05, 4.69) is 12.2 Å². The molecule has 3 heteroatoms. The molecule has 1 fully saturated rings. The van der Waals surface area contributed by atoms with Gasteiger partial charge in [-0.15, -0.1) is 0 Å². The maximum atomic E-state index is 5.73. The summed E-state index contributed by atoms with van der Waals surface area (Å²) >= 11 is 0. The van der Waals surface area contributed by atoms with Crippen molar-refractivity contribution in [2.45, 2.75) is 25.9 Å². The topological polar surface area (TPSA) is 47.3 Å². The molecule has 0 amide bonds. The minimum absolute atomic E-state index is 0.425. The smallest absolute Gasteiger partial charge is 0.0618 e. The maximum absolute atomic E-state index is 5.73. The SMILES string of the molecule is CCC1OCCC1CNc1cccc(N)c1. The molecule has 3 nitrogen and oxygen atoms in total. The molecule has 0 spiro atoms. The number of benzene rings is 1. The average molecular weight is 220 g/mol. The number of hydrogen-bond acceptors (Lipinski definition) is 3. The second-order valence-electron chi connectivity index (χ2n) is 4.37. The summed E-state index contributed by atoms with van der Waals surface area (Å²) in [6.45, 7) is 4.06. The molecule has 0 bridgehead atoms. The molecule has 0 aliphatic carbocycles. The molecular weight excluding hydrogens is 200 g/mol. The van der Waals surface area contributed by atoms with E-state index in [1.807, 2.05) is 24.3 Å². The van der Waals surface area contributed by atoms with E-state index in [0.29, 0.717) is 12.0 Å². The molecule has 1 aromatic carbocycles. The Kier molecular flexibility index (Phi) is 3.67. The first kappa shape index (κ1) is 11.3. The van der Waals surface area contributed by atoms with Crippen molar-refractivity contribution in [2.75, 3.05) is 24.2 Å². The van der Waals surface area contributed by atoms with E-state index in [9.17, 15) is 0 Å². The van der Waals surface area contributed by atoms with Crippen molar-refractivity contribution in [1.82, 2.24) is 0 Å². The Bertz CT molecular complexity index is 340. The molecule has 88 valence electrons. The molecule has 3 N–H and O–H groups in total. The predicted molar refractivity (Wildman–Crippen MR) is 67.5 cm³/mol. The third kappa shape index (κ3) is 2.67. The Morgan fingerprint density at radius 1 is 1.50 bits per heavy atom. The first-order valence-corrected chi connectivity index (χ1v) is 6.00. The molecule has 1 saturated heterocycles. The van der Waals surface area contributed by atoms with E-state index >= 15 is 0 Å². The lowest BCUT2D eigenvalue weighted by Gasteiger charge is -2.18. The Hall–Kier alpha value is -1.22. The van der Waals surface area contributed by atoms with Crippen LogP contribution in [-0.2, 0) is 4.74 Å². The highest BCUT2D eigenvalue weighted by atomic mass is 16.5. The zero-order valence-corrected chi connectivity index (χ0v) is 9.78. The quantitative estimate of drug-likeness (QED) is 0.766. The van der Waals surface area contributed by atoms with Gasteiger partial charge in [-0.1, -0.05) is 13.0 Å². The number of hydrogen-bond donors (Lipinski definition) is 2. The summed E-state index contributed by atoms with van der Waals surface area (Å²) in [5, 5.41) is 3.43. The molecule has 1 aromatic rings. The van der Waals surface area contributed by atoms with Crippen LogP contribution in [0.25, 0.3) is 0 Å². The number of nitrogens with two attached hydrogens (primary N) is 1. The third-order valence-electron chi connectivity index (χ3n) is 3.20. The van der Waals surface area contributed by atoms with Crippen molar-refractivity contribution in [3.8, 4) is 0 Å². The first-order chi connectivity index (χ1) is 7.79. The van der Waals surface area contributed by atoms with E-state index < -0.39 is 0 Å². The van der Waals surface area contributed by atoms with Gasteiger partial charge in [-0.3, -0.25) is 0 Å². The van der Waals surface area contributed by atoms with E-state index in [-0.39, 0.29) is 0 Å². The van der Waals surface area contributed by atoms with Crippen LogP contribution in [0, 0.1) is 5.92 Å². The van der Waals surface area contributed by atoms with Gasteiger partial charge in [0.15, 0.2) is 0 Å². The van der Waals surface area contributed by atoms with Crippen LogP contribution in [0.5, 0.6) is 0 Å². The fraction of sp³-hybridized carbons (Fsp3) is 0.538. The monoisotopic (exact) mass is 220 g/mol. The number of anilines is 2. The second-order valence-corrected chi connectivity index (χ2v) is 4.37. The molecule has 2 rings (SSSR count). The van der Waals surface area contributed by atoms with Gasteiger partial charge in [0.1, 0.15) is 0 Å². The highest BCUT2D eigenvalue weighted by Crippen LogP contribution is 2.24. The fourth-order valence-corrected chi connectivity index (χ4v) is 2.28. The van der Waals surface area contributed by atoms with E-state index in [0.717, 1.165) is 37.4 Å². The molecule has 16 heavy (non-hydrogen) atoms. The van der Waals surface area contributed by atoms with Crippen molar-refractivity contribution in [1.29, 1.82) is 0 Å². The molecule has 1 aliphatic heterocycles. The highest BCUT2D eigenvalue weighted by molar-refractivity contribution is 5.54.